The van der Waals surface area contributed by atoms with Crippen LogP contribution in [0.3, 0.4) is 0 Å². The van der Waals surface area contributed by atoms with Crippen molar-refractivity contribution in [1.82, 2.24) is 0 Å². The SMILES string of the molecule is C=Cc1ccc(C2C/C(=N\C3=CCCC=C3)N2c2ccc(C)cc2)cc1. The van der Waals surface area contributed by atoms with E-state index in [0.29, 0.717) is 6.04 Å². The van der Waals surface area contributed by atoms with E-state index in [2.05, 4.69) is 85.2 Å². The van der Waals surface area contributed by atoms with Gasteiger partial charge < -0.3 is 4.90 Å². The van der Waals surface area contributed by atoms with Gasteiger partial charge in [0.05, 0.1) is 11.7 Å². The Hall–Kier alpha value is -2.87. The Morgan fingerprint density at radius 2 is 1.81 bits per heavy atom. The molecule has 0 radical (unpaired) electrons. The molecule has 2 nitrogen and oxygen atoms in total. The number of hydrogen-bond acceptors (Lipinski definition) is 1. The second-order valence-electron chi connectivity index (χ2n) is 6.93. The van der Waals surface area contributed by atoms with Crippen LogP contribution in [-0.4, -0.2) is 5.84 Å². The van der Waals surface area contributed by atoms with E-state index < -0.39 is 0 Å². The fourth-order valence-corrected chi connectivity index (χ4v) is 3.52. The first kappa shape index (κ1) is 16.6. The van der Waals surface area contributed by atoms with Crippen LogP contribution in [0, 0.1) is 6.92 Å². The third-order valence-electron chi connectivity index (χ3n) is 5.07. The number of rotatable bonds is 4. The molecule has 26 heavy (non-hydrogen) atoms. The Kier molecular flexibility index (Phi) is 4.57. The number of aliphatic imine (C=N–C) groups is 1. The Morgan fingerprint density at radius 3 is 2.46 bits per heavy atom. The highest BCUT2D eigenvalue weighted by Crippen LogP contribution is 2.40. The quantitative estimate of drug-likeness (QED) is 0.645. The smallest absolute Gasteiger partial charge is 0.112 e. The monoisotopic (exact) mass is 340 g/mol. The van der Waals surface area contributed by atoms with Gasteiger partial charge in [-0.15, -0.1) is 0 Å². The van der Waals surface area contributed by atoms with Crippen molar-refractivity contribution in [3.05, 3.63) is 95.7 Å². The molecule has 2 aliphatic rings. The summed E-state index contributed by atoms with van der Waals surface area (Å²) in [5, 5.41) is 0. The maximum Gasteiger partial charge on any atom is 0.112 e. The predicted octanol–water partition coefficient (Wildman–Crippen LogP) is 6.22. The molecule has 1 atom stereocenters. The summed E-state index contributed by atoms with van der Waals surface area (Å²) >= 11 is 0. The third-order valence-corrected chi connectivity index (χ3v) is 5.07. The van der Waals surface area contributed by atoms with Crippen molar-refractivity contribution in [2.45, 2.75) is 32.2 Å². The van der Waals surface area contributed by atoms with Crippen LogP contribution < -0.4 is 4.90 Å². The Morgan fingerprint density at radius 1 is 1.04 bits per heavy atom. The summed E-state index contributed by atoms with van der Waals surface area (Å²) in [6.45, 7) is 5.97. The third kappa shape index (κ3) is 3.28. The molecule has 0 amide bonds. The average molecular weight is 340 g/mol. The molecule has 130 valence electrons. The normalized spacial score (nSPS) is 20.7. The number of nitrogens with zero attached hydrogens (tertiary/aromatic N) is 2. The molecular weight excluding hydrogens is 316 g/mol. The van der Waals surface area contributed by atoms with E-state index in [1.165, 1.54) is 16.8 Å². The van der Waals surface area contributed by atoms with Crippen LogP contribution in [0.2, 0.25) is 0 Å². The van der Waals surface area contributed by atoms with Crippen molar-refractivity contribution in [2.24, 2.45) is 4.99 Å². The minimum atomic E-state index is 0.337. The average Bonchev–Trinajstić information content (AvgIpc) is 2.67. The van der Waals surface area contributed by atoms with Gasteiger partial charge >= 0.3 is 0 Å². The molecule has 0 saturated carbocycles. The van der Waals surface area contributed by atoms with Gasteiger partial charge in [-0.3, -0.25) is 0 Å². The summed E-state index contributed by atoms with van der Waals surface area (Å²) in [4.78, 5) is 7.30. The van der Waals surface area contributed by atoms with Gasteiger partial charge in [0.25, 0.3) is 0 Å². The molecule has 0 bridgehead atoms. The van der Waals surface area contributed by atoms with E-state index in [0.717, 1.165) is 36.4 Å². The number of benzene rings is 2. The van der Waals surface area contributed by atoms with Gasteiger partial charge in [0.15, 0.2) is 0 Å². The minimum Gasteiger partial charge on any atom is -0.322 e. The van der Waals surface area contributed by atoms with Crippen molar-refractivity contribution < 1.29 is 0 Å². The lowest BCUT2D eigenvalue weighted by Gasteiger charge is -2.44. The Labute approximate surface area is 155 Å². The Bertz CT molecular complexity index is 883. The van der Waals surface area contributed by atoms with E-state index >= 15 is 0 Å². The van der Waals surface area contributed by atoms with Gasteiger partial charge in [-0.2, -0.15) is 0 Å². The van der Waals surface area contributed by atoms with E-state index in [4.69, 9.17) is 4.99 Å². The molecule has 1 fully saturated rings. The molecule has 0 aromatic heterocycles. The number of allylic oxidation sites excluding steroid dienone is 3. The van der Waals surface area contributed by atoms with Crippen molar-refractivity contribution in [3.63, 3.8) is 0 Å². The topological polar surface area (TPSA) is 15.6 Å². The summed E-state index contributed by atoms with van der Waals surface area (Å²) in [5.41, 5.74) is 6.05. The number of anilines is 1. The molecule has 0 N–H and O–H groups in total. The van der Waals surface area contributed by atoms with Crippen LogP contribution in [0.4, 0.5) is 5.69 Å². The van der Waals surface area contributed by atoms with E-state index in [1.54, 1.807) is 0 Å². The lowest BCUT2D eigenvalue weighted by molar-refractivity contribution is 0.650. The molecule has 1 heterocycles. The van der Waals surface area contributed by atoms with Gasteiger partial charge in [-0.25, -0.2) is 4.99 Å². The van der Waals surface area contributed by atoms with Crippen LogP contribution >= 0.6 is 0 Å². The minimum absolute atomic E-state index is 0.337. The van der Waals surface area contributed by atoms with Crippen LogP contribution in [0.5, 0.6) is 0 Å². The zero-order valence-electron chi connectivity index (χ0n) is 15.2. The molecule has 2 aromatic rings. The summed E-state index contributed by atoms with van der Waals surface area (Å²) < 4.78 is 0. The van der Waals surface area contributed by atoms with E-state index in [1.807, 2.05) is 6.08 Å². The van der Waals surface area contributed by atoms with Crippen LogP contribution in [-0.2, 0) is 0 Å². The molecule has 4 rings (SSSR count). The van der Waals surface area contributed by atoms with Crippen LogP contribution in [0.15, 0.2) is 84.0 Å². The van der Waals surface area contributed by atoms with E-state index in [-0.39, 0.29) is 0 Å². The largest absolute Gasteiger partial charge is 0.322 e. The van der Waals surface area contributed by atoms with Crippen LogP contribution in [0.25, 0.3) is 6.08 Å². The lowest BCUT2D eigenvalue weighted by atomic mass is 9.91. The van der Waals surface area contributed by atoms with Crippen molar-refractivity contribution in [2.75, 3.05) is 4.90 Å². The van der Waals surface area contributed by atoms with Gasteiger partial charge in [-0.1, -0.05) is 66.8 Å². The maximum atomic E-state index is 4.93. The molecule has 1 aliphatic carbocycles. The van der Waals surface area contributed by atoms with E-state index in [9.17, 15) is 0 Å². The van der Waals surface area contributed by atoms with Gasteiger partial charge in [-0.05, 0) is 49.1 Å². The highest BCUT2D eigenvalue weighted by atomic mass is 15.3. The number of aryl methyl sites for hydroxylation is 1. The first-order valence-electron chi connectivity index (χ1n) is 9.27. The fourth-order valence-electron chi connectivity index (χ4n) is 3.52. The van der Waals surface area contributed by atoms with Crippen molar-refractivity contribution in [1.29, 1.82) is 0 Å². The second-order valence-corrected chi connectivity index (χ2v) is 6.93. The lowest BCUT2D eigenvalue weighted by Crippen LogP contribution is -2.46. The second kappa shape index (κ2) is 7.17. The van der Waals surface area contributed by atoms with Gasteiger partial charge in [0, 0.05) is 12.1 Å². The zero-order chi connectivity index (χ0) is 17.9. The summed E-state index contributed by atoms with van der Waals surface area (Å²) in [5.74, 6) is 1.14. The maximum absolute atomic E-state index is 4.93. The molecule has 1 saturated heterocycles. The molecule has 2 aromatic carbocycles. The van der Waals surface area contributed by atoms with Crippen molar-refractivity contribution >= 4 is 17.6 Å². The van der Waals surface area contributed by atoms with Gasteiger partial charge in [0.2, 0.25) is 0 Å². The number of hydrogen-bond donors (Lipinski definition) is 0. The van der Waals surface area contributed by atoms with Gasteiger partial charge in [0.1, 0.15) is 5.84 Å². The standard InChI is InChI=1S/C24H24N2/c1-3-19-11-13-20(14-12-19)23-17-24(25-21-7-5-4-6-8-21)26(23)22-15-9-18(2)10-16-22/h3,5,7-16,23H,1,4,6,17H2,2H3/b25-24+. The summed E-state index contributed by atoms with van der Waals surface area (Å²) in [6, 6.07) is 17.8. The molecular formula is C24H24N2. The predicted molar refractivity (Wildman–Crippen MR) is 111 cm³/mol. The summed E-state index contributed by atoms with van der Waals surface area (Å²) in [7, 11) is 0. The summed E-state index contributed by atoms with van der Waals surface area (Å²) in [6.07, 6.45) is 11.6. The highest BCUT2D eigenvalue weighted by molar-refractivity contribution is 6.05. The fraction of sp³-hybridized carbons (Fsp3) is 0.208. The molecule has 2 heteroatoms. The first-order chi connectivity index (χ1) is 12.7. The Balaban J connectivity index is 1.67. The highest BCUT2D eigenvalue weighted by Gasteiger charge is 2.36. The molecule has 1 unspecified atom stereocenters. The van der Waals surface area contributed by atoms with Crippen LogP contribution in [0.1, 0.15) is 42.0 Å². The first-order valence-corrected chi connectivity index (χ1v) is 9.27. The molecule has 1 aliphatic heterocycles. The number of amidine groups is 1. The zero-order valence-corrected chi connectivity index (χ0v) is 15.2. The van der Waals surface area contributed by atoms with Crippen molar-refractivity contribution in [3.8, 4) is 0 Å². The molecule has 0 spiro atoms.